The number of fused-ring (bicyclic) bond motifs is 1. The van der Waals surface area contributed by atoms with Crippen LogP contribution in [0.25, 0.3) is 10.9 Å². The smallest absolute Gasteiger partial charge is 0.123 e. The molecule has 8 nitrogen and oxygen atoms in total. The minimum Gasteiger partial charge on any atom is -0.382 e. The van der Waals surface area contributed by atoms with Gasteiger partial charge in [-0.3, -0.25) is 4.98 Å². The van der Waals surface area contributed by atoms with Crippen molar-refractivity contribution in [1.82, 2.24) is 20.0 Å². The van der Waals surface area contributed by atoms with E-state index in [0.29, 0.717) is 50.7 Å². The summed E-state index contributed by atoms with van der Waals surface area (Å²) >= 11 is 6.76. The summed E-state index contributed by atoms with van der Waals surface area (Å²) in [6, 6.07) is 19.6. The number of benzene rings is 3. The number of rotatable bonds is 10. The molecule has 0 aliphatic heterocycles. The molecule has 0 saturated heterocycles. The summed E-state index contributed by atoms with van der Waals surface area (Å²) in [5.74, 6) is -0.411. The van der Waals surface area contributed by atoms with Gasteiger partial charge in [-0.15, -0.1) is 5.10 Å². The van der Waals surface area contributed by atoms with Crippen LogP contribution in [0.5, 0.6) is 0 Å². The van der Waals surface area contributed by atoms with Crippen LogP contribution in [0.3, 0.4) is 0 Å². The van der Waals surface area contributed by atoms with Gasteiger partial charge >= 0.3 is 0 Å². The molecule has 2 aromatic heterocycles. The molecule has 0 bridgehead atoms. The number of anilines is 2. The zero-order valence-electron chi connectivity index (χ0n) is 23.2. The maximum atomic E-state index is 13.9. The van der Waals surface area contributed by atoms with Crippen molar-refractivity contribution in [3.05, 3.63) is 112 Å². The van der Waals surface area contributed by atoms with Crippen molar-refractivity contribution in [2.45, 2.75) is 30.9 Å². The maximum absolute atomic E-state index is 13.9. The number of methoxy groups -OCH3 is 1. The van der Waals surface area contributed by atoms with Crippen LogP contribution in [0.1, 0.15) is 54.7 Å². The van der Waals surface area contributed by atoms with Gasteiger partial charge in [0.1, 0.15) is 17.6 Å². The number of hydrogen-bond acceptors (Lipinski definition) is 7. The van der Waals surface area contributed by atoms with E-state index in [-0.39, 0.29) is 12.1 Å². The Balaban J connectivity index is 1.46. The number of nitrogens with zero attached hydrogens (tertiary/aromatic N) is 5. The number of ether oxygens (including phenoxy) is 1. The van der Waals surface area contributed by atoms with Crippen molar-refractivity contribution in [3.8, 4) is 6.07 Å². The van der Waals surface area contributed by atoms with Crippen LogP contribution in [0.15, 0.2) is 79.1 Å². The van der Waals surface area contributed by atoms with Gasteiger partial charge in [0, 0.05) is 24.4 Å². The van der Waals surface area contributed by atoms with Crippen LogP contribution in [0.2, 0.25) is 5.02 Å². The van der Waals surface area contributed by atoms with Crippen LogP contribution < -0.4 is 10.6 Å². The Kier molecular flexibility index (Phi) is 7.16. The first kappa shape index (κ1) is 25.4. The number of nitrogens with one attached hydrogen (secondary N) is 2. The Bertz CT molecular complexity index is 1770. The molecule has 5 aromatic rings. The minimum absolute atomic E-state index is 0.267. The molecule has 2 heterocycles. The van der Waals surface area contributed by atoms with Gasteiger partial charge < -0.3 is 15.4 Å². The first-order valence-electron chi connectivity index (χ1n) is 13.7. The van der Waals surface area contributed by atoms with Crippen LogP contribution in [0.4, 0.5) is 15.8 Å². The topological polar surface area (TPSA) is 101 Å². The summed E-state index contributed by atoms with van der Waals surface area (Å²) in [7, 11) is 1.62. The molecule has 2 atom stereocenters. The number of pyridine rings is 1. The van der Waals surface area contributed by atoms with Crippen LogP contribution in [0, 0.1) is 17.1 Å². The Morgan fingerprint density at radius 2 is 1.93 bits per heavy atom. The van der Waals surface area contributed by atoms with Crippen LogP contribution in [-0.4, -0.2) is 33.7 Å². The molecular weight excluding hydrogens is 541 g/mol. The van der Waals surface area contributed by atoms with Gasteiger partial charge in [-0.05, 0) is 48.2 Å². The van der Waals surface area contributed by atoms with Gasteiger partial charge in [0.25, 0.3) is 0 Å². The second kappa shape index (κ2) is 11.5. The standard InChI is InChI=1S/C31H27ClFN7O/c1-41-18-28(19-5-3-2-4-6-19)37-29-21(15-34)16-35-31-25(29)13-23(14-26(31)32)36-30(20-7-9-22(33)10-8-20)27-17-40(39-38-27)24-11-12-24/h2-10,13-14,16-17,24,28,30,36H,11-12,18H2,1H3,(H,35,37)/t28-,30?/m1/s1/i30D. The molecule has 1 aliphatic rings. The molecule has 0 spiro atoms. The average Bonchev–Trinajstić information content (AvgIpc) is 3.73. The molecule has 3 aromatic carbocycles. The third-order valence-electron chi connectivity index (χ3n) is 6.99. The number of nitriles is 1. The fourth-order valence-electron chi connectivity index (χ4n) is 4.77. The highest BCUT2D eigenvalue weighted by Gasteiger charge is 2.27. The SMILES string of the molecule is [2H]C(Nc1cc(Cl)c2ncc(C#N)c(N[C@H](COC)c3ccccc3)c2c1)(c1ccc(F)cc1)c1cn(C2CC2)nn1. The zero-order chi connectivity index (χ0) is 29.3. The molecule has 6 rings (SSSR count). The molecule has 1 fully saturated rings. The lowest BCUT2D eigenvalue weighted by Crippen LogP contribution is -2.17. The van der Waals surface area contributed by atoms with E-state index in [4.69, 9.17) is 16.3 Å². The zero-order valence-corrected chi connectivity index (χ0v) is 22.9. The molecule has 41 heavy (non-hydrogen) atoms. The van der Waals surface area contributed by atoms with Crippen molar-refractivity contribution in [2.24, 2.45) is 0 Å². The lowest BCUT2D eigenvalue weighted by atomic mass is 10.0. The molecule has 206 valence electrons. The molecule has 1 unspecified atom stereocenters. The fourth-order valence-corrected chi connectivity index (χ4v) is 5.04. The van der Waals surface area contributed by atoms with Crippen LogP contribution in [-0.2, 0) is 4.74 Å². The minimum atomic E-state index is -1.63. The summed E-state index contributed by atoms with van der Waals surface area (Å²) < 4.78 is 30.7. The highest BCUT2D eigenvalue weighted by Crippen LogP contribution is 2.38. The highest BCUT2D eigenvalue weighted by molar-refractivity contribution is 6.35. The monoisotopic (exact) mass is 568 g/mol. The molecular formula is C31H27ClFN7O. The van der Waals surface area contributed by atoms with E-state index in [1.165, 1.54) is 18.3 Å². The second-order valence-electron chi connectivity index (χ2n) is 9.90. The van der Waals surface area contributed by atoms with E-state index in [0.717, 1.165) is 18.4 Å². The van der Waals surface area contributed by atoms with E-state index >= 15 is 0 Å². The summed E-state index contributed by atoms with van der Waals surface area (Å²) in [6.45, 7) is 0.349. The summed E-state index contributed by atoms with van der Waals surface area (Å²) in [4.78, 5) is 4.46. The summed E-state index contributed by atoms with van der Waals surface area (Å²) in [5, 5.41) is 26.2. The Morgan fingerprint density at radius 3 is 2.63 bits per heavy atom. The van der Waals surface area contributed by atoms with Crippen molar-refractivity contribution >= 4 is 33.9 Å². The predicted molar refractivity (Wildman–Crippen MR) is 156 cm³/mol. The number of aromatic nitrogens is 4. The first-order chi connectivity index (χ1) is 20.4. The third-order valence-corrected chi connectivity index (χ3v) is 7.28. The van der Waals surface area contributed by atoms with Crippen molar-refractivity contribution in [1.29, 1.82) is 5.26 Å². The van der Waals surface area contributed by atoms with Gasteiger partial charge in [0.15, 0.2) is 0 Å². The number of halogens is 2. The molecule has 0 amide bonds. The maximum Gasteiger partial charge on any atom is 0.123 e. The van der Waals surface area contributed by atoms with Gasteiger partial charge in [-0.1, -0.05) is 59.3 Å². The normalized spacial score (nSPS) is 15.5. The van der Waals surface area contributed by atoms with Gasteiger partial charge in [-0.2, -0.15) is 5.26 Å². The van der Waals surface area contributed by atoms with Crippen LogP contribution >= 0.6 is 11.6 Å². The third kappa shape index (κ3) is 5.71. The van der Waals surface area contributed by atoms with Gasteiger partial charge in [-0.25, -0.2) is 9.07 Å². The molecule has 1 saturated carbocycles. The van der Waals surface area contributed by atoms with E-state index < -0.39 is 11.8 Å². The average molecular weight is 569 g/mol. The predicted octanol–water partition coefficient (Wildman–Crippen LogP) is 6.83. The van der Waals surface area contributed by atoms with Crippen molar-refractivity contribution in [3.63, 3.8) is 0 Å². The van der Waals surface area contributed by atoms with Crippen molar-refractivity contribution in [2.75, 3.05) is 24.4 Å². The number of hydrogen-bond donors (Lipinski definition) is 2. The fraction of sp³-hybridized carbons (Fsp3) is 0.226. The first-order valence-corrected chi connectivity index (χ1v) is 13.6. The Morgan fingerprint density at radius 1 is 1.15 bits per heavy atom. The largest absolute Gasteiger partial charge is 0.382 e. The lowest BCUT2D eigenvalue weighted by Gasteiger charge is -2.23. The van der Waals surface area contributed by atoms with Crippen molar-refractivity contribution < 1.29 is 10.5 Å². The van der Waals surface area contributed by atoms with E-state index in [2.05, 4.69) is 32.0 Å². The lowest BCUT2D eigenvalue weighted by molar-refractivity contribution is 0.186. The molecule has 2 N–H and O–H groups in total. The quantitative estimate of drug-likeness (QED) is 0.190. The molecule has 10 heteroatoms. The molecule has 0 radical (unpaired) electrons. The van der Waals surface area contributed by atoms with E-state index in [1.54, 1.807) is 42.3 Å². The summed E-state index contributed by atoms with van der Waals surface area (Å²) in [6.07, 6.45) is 5.26. The Hall–Kier alpha value is -4.52. The van der Waals surface area contributed by atoms with E-state index in [1.807, 2.05) is 30.3 Å². The van der Waals surface area contributed by atoms with Gasteiger partial charge in [0.05, 0.1) is 54.1 Å². The van der Waals surface area contributed by atoms with Gasteiger partial charge in [0.2, 0.25) is 0 Å². The molecule has 1 aliphatic carbocycles. The highest BCUT2D eigenvalue weighted by atomic mass is 35.5. The second-order valence-corrected chi connectivity index (χ2v) is 10.3. The summed E-state index contributed by atoms with van der Waals surface area (Å²) in [5.41, 5.74) is 3.64. The van der Waals surface area contributed by atoms with E-state index in [9.17, 15) is 11.0 Å². The Labute approximate surface area is 243 Å².